The molecule has 2 unspecified atom stereocenters. The number of piperidine rings is 1. The van der Waals surface area contributed by atoms with E-state index in [4.69, 9.17) is 5.73 Å². The molecular formula is C16H28N4O. The Bertz CT molecular complexity index is 507. The highest BCUT2D eigenvalue weighted by atomic mass is 16.2. The number of amides is 1. The van der Waals surface area contributed by atoms with Gasteiger partial charge in [0.2, 0.25) is 5.91 Å². The first kappa shape index (κ1) is 16.0. The highest BCUT2D eigenvalue weighted by molar-refractivity contribution is 5.77. The quantitative estimate of drug-likeness (QED) is 0.918. The first-order valence-electron chi connectivity index (χ1n) is 7.96. The van der Waals surface area contributed by atoms with E-state index in [-0.39, 0.29) is 18.0 Å². The monoisotopic (exact) mass is 292 g/mol. The second kappa shape index (κ2) is 6.60. The van der Waals surface area contributed by atoms with Gasteiger partial charge in [-0.3, -0.25) is 9.48 Å². The van der Waals surface area contributed by atoms with Crippen LogP contribution in [0.5, 0.6) is 0 Å². The maximum atomic E-state index is 12.6. The van der Waals surface area contributed by atoms with Crippen LogP contribution in [-0.2, 0) is 18.3 Å². The van der Waals surface area contributed by atoms with Gasteiger partial charge in [-0.1, -0.05) is 0 Å². The third kappa shape index (κ3) is 3.46. The molecule has 0 aromatic carbocycles. The molecule has 1 fully saturated rings. The second-order valence-corrected chi connectivity index (χ2v) is 6.28. The van der Waals surface area contributed by atoms with Crippen molar-refractivity contribution in [1.29, 1.82) is 0 Å². The van der Waals surface area contributed by atoms with Gasteiger partial charge in [0.1, 0.15) is 0 Å². The molecule has 2 N–H and O–H groups in total. The number of rotatable bonds is 4. The lowest BCUT2D eigenvalue weighted by atomic mass is 9.96. The molecule has 0 bridgehead atoms. The van der Waals surface area contributed by atoms with Crippen LogP contribution < -0.4 is 5.73 Å². The summed E-state index contributed by atoms with van der Waals surface area (Å²) in [5, 5.41) is 4.42. The van der Waals surface area contributed by atoms with E-state index in [9.17, 15) is 4.79 Å². The van der Waals surface area contributed by atoms with Crippen LogP contribution in [0.4, 0.5) is 0 Å². The van der Waals surface area contributed by atoms with Gasteiger partial charge in [-0.05, 0) is 52.0 Å². The molecular weight excluding hydrogens is 264 g/mol. The van der Waals surface area contributed by atoms with E-state index in [1.54, 1.807) is 0 Å². The summed E-state index contributed by atoms with van der Waals surface area (Å²) in [4.78, 5) is 14.6. The molecule has 2 heterocycles. The number of nitrogens with two attached hydrogens (primary N) is 1. The summed E-state index contributed by atoms with van der Waals surface area (Å²) in [6.45, 7) is 6.94. The van der Waals surface area contributed by atoms with Crippen molar-refractivity contribution in [3.05, 3.63) is 17.0 Å². The lowest BCUT2D eigenvalue weighted by Gasteiger charge is -2.38. The molecule has 1 amide bonds. The van der Waals surface area contributed by atoms with E-state index < -0.39 is 0 Å². The van der Waals surface area contributed by atoms with Gasteiger partial charge in [0.15, 0.2) is 0 Å². The van der Waals surface area contributed by atoms with Crippen molar-refractivity contribution in [3.63, 3.8) is 0 Å². The van der Waals surface area contributed by atoms with E-state index in [0.29, 0.717) is 6.42 Å². The van der Waals surface area contributed by atoms with Crippen LogP contribution in [-0.4, -0.2) is 39.2 Å². The largest absolute Gasteiger partial charge is 0.338 e. The van der Waals surface area contributed by atoms with Crippen molar-refractivity contribution >= 4 is 5.91 Å². The number of nitrogens with zero attached hydrogens (tertiary/aromatic N) is 3. The molecule has 118 valence electrons. The van der Waals surface area contributed by atoms with Crippen molar-refractivity contribution in [1.82, 2.24) is 14.7 Å². The number of aromatic nitrogens is 2. The smallest absolute Gasteiger partial charge is 0.223 e. The highest BCUT2D eigenvalue weighted by Crippen LogP contribution is 2.21. The molecule has 0 saturated carbocycles. The minimum absolute atomic E-state index is 0.0520. The van der Waals surface area contributed by atoms with Crippen LogP contribution >= 0.6 is 0 Å². The van der Waals surface area contributed by atoms with Crippen molar-refractivity contribution in [2.45, 2.75) is 65.0 Å². The molecule has 0 spiro atoms. The molecule has 1 aliphatic rings. The lowest BCUT2D eigenvalue weighted by molar-refractivity contribution is -0.135. The number of hydrogen-bond donors (Lipinski definition) is 1. The molecule has 1 saturated heterocycles. The second-order valence-electron chi connectivity index (χ2n) is 6.28. The van der Waals surface area contributed by atoms with Gasteiger partial charge in [-0.25, -0.2) is 0 Å². The number of carbonyl (C=O) groups is 1. The zero-order chi connectivity index (χ0) is 15.6. The van der Waals surface area contributed by atoms with Crippen LogP contribution in [0.15, 0.2) is 0 Å². The van der Waals surface area contributed by atoms with Crippen LogP contribution in [0.1, 0.15) is 49.6 Å². The normalized spacial score (nSPS) is 20.6. The number of carbonyl (C=O) groups excluding carboxylic acids is 1. The summed E-state index contributed by atoms with van der Waals surface area (Å²) in [6, 6.07) is 0.262. The number of aryl methyl sites for hydroxylation is 2. The molecule has 0 aliphatic carbocycles. The van der Waals surface area contributed by atoms with Crippen LogP contribution in [0.2, 0.25) is 0 Å². The zero-order valence-electron chi connectivity index (χ0n) is 13.7. The van der Waals surface area contributed by atoms with E-state index in [1.165, 1.54) is 12.0 Å². The standard InChI is InChI=1S/C16H28N4O/c1-11(17)15-7-5-6-10-20(15)16(21)9-8-14-12(2)18-19(4)13(14)3/h11,15H,5-10,17H2,1-4H3. The third-order valence-corrected chi connectivity index (χ3v) is 4.72. The van der Waals surface area contributed by atoms with E-state index in [1.807, 2.05) is 30.5 Å². The molecule has 5 heteroatoms. The van der Waals surface area contributed by atoms with Gasteiger partial charge in [0.25, 0.3) is 0 Å². The molecule has 2 atom stereocenters. The Morgan fingerprint density at radius 2 is 2.14 bits per heavy atom. The van der Waals surface area contributed by atoms with Gasteiger partial charge in [0.05, 0.1) is 5.69 Å². The lowest BCUT2D eigenvalue weighted by Crippen LogP contribution is -2.51. The van der Waals surface area contributed by atoms with Crippen LogP contribution in [0.25, 0.3) is 0 Å². The van der Waals surface area contributed by atoms with Gasteiger partial charge in [0, 0.05) is 37.8 Å². The van der Waals surface area contributed by atoms with E-state index in [0.717, 1.165) is 37.2 Å². The fraction of sp³-hybridized carbons (Fsp3) is 0.750. The predicted octanol–water partition coefficient (Wildman–Crippen LogP) is 1.70. The molecule has 21 heavy (non-hydrogen) atoms. The van der Waals surface area contributed by atoms with Crippen molar-refractivity contribution in [2.75, 3.05) is 6.54 Å². The van der Waals surface area contributed by atoms with Crippen molar-refractivity contribution in [2.24, 2.45) is 12.8 Å². The molecule has 0 radical (unpaired) electrons. The first-order chi connectivity index (χ1) is 9.91. The number of likely N-dealkylation sites (tertiary alicyclic amines) is 1. The summed E-state index contributed by atoms with van der Waals surface area (Å²) in [7, 11) is 1.95. The van der Waals surface area contributed by atoms with E-state index in [2.05, 4.69) is 12.0 Å². The topological polar surface area (TPSA) is 64.2 Å². The fourth-order valence-electron chi connectivity index (χ4n) is 3.37. The average Bonchev–Trinajstić information content (AvgIpc) is 2.70. The Kier molecular flexibility index (Phi) is 5.04. The fourth-order valence-corrected chi connectivity index (χ4v) is 3.37. The summed E-state index contributed by atoms with van der Waals surface area (Å²) in [6.07, 6.45) is 4.63. The zero-order valence-corrected chi connectivity index (χ0v) is 13.7. The van der Waals surface area contributed by atoms with Gasteiger partial charge in [-0.2, -0.15) is 5.10 Å². The first-order valence-corrected chi connectivity index (χ1v) is 7.96. The van der Waals surface area contributed by atoms with E-state index >= 15 is 0 Å². The molecule has 5 nitrogen and oxygen atoms in total. The van der Waals surface area contributed by atoms with Crippen LogP contribution in [0.3, 0.4) is 0 Å². The predicted molar refractivity (Wildman–Crippen MR) is 84.0 cm³/mol. The van der Waals surface area contributed by atoms with Gasteiger partial charge >= 0.3 is 0 Å². The summed E-state index contributed by atoms with van der Waals surface area (Å²) >= 11 is 0. The Labute approximate surface area is 127 Å². The molecule has 1 aliphatic heterocycles. The average molecular weight is 292 g/mol. The molecule has 1 aromatic heterocycles. The summed E-state index contributed by atoms with van der Waals surface area (Å²) in [5.74, 6) is 0.236. The van der Waals surface area contributed by atoms with Crippen molar-refractivity contribution < 1.29 is 4.79 Å². The molecule has 2 rings (SSSR count). The summed E-state index contributed by atoms with van der Waals surface area (Å²) in [5.41, 5.74) is 9.44. The highest BCUT2D eigenvalue weighted by Gasteiger charge is 2.29. The maximum Gasteiger partial charge on any atom is 0.223 e. The van der Waals surface area contributed by atoms with Gasteiger partial charge < -0.3 is 10.6 Å². The third-order valence-electron chi connectivity index (χ3n) is 4.72. The minimum atomic E-state index is 0.0520. The Morgan fingerprint density at radius 3 is 2.71 bits per heavy atom. The van der Waals surface area contributed by atoms with Crippen molar-refractivity contribution in [3.8, 4) is 0 Å². The minimum Gasteiger partial charge on any atom is -0.338 e. The Balaban J connectivity index is 2.00. The summed E-state index contributed by atoms with van der Waals surface area (Å²) < 4.78 is 1.89. The Hall–Kier alpha value is -1.36. The Morgan fingerprint density at radius 1 is 1.43 bits per heavy atom. The van der Waals surface area contributed by atoms with Gasteiger partial charge in [-0.15, -0.1) is 0 Å². The SMILES string of the molecule is Cc1nn(C)c(C)c1CCC(=O)N1CCCCC1C(C)N. The number of hydrogen-bond acceptors (Lipinski definition) is 3. The van der Waals surface area contributed by atoms with Crippen LogP contribution in [0, 0.1) is 13.8 Å². The maximum absolute atomic E-state index is 12.6. The molecule has 1 aromatic rings.